The molecular formula is C22H26N6O. The monoisotopic (exact) mass is 390 g/mol. The number of nitrogens with zero attached hydrogens (tertiary/aromatic N) is 4. The summed E-state index contributed by atoms with van der Waals surface area (Å²) in [6.45, 7) is 6.46. The lowest BCUT2D eigenvalue weighted by molar-refractivity contribution is 0.0952. The summed E-state index contributed by atoms with van der Waals surface area (Å²) in [6, 6.07) is 8.69. The van der Waals surface area contributed by atoms with E-state index in [1.807, 2.05) is 32.3 Å². The van der Waals surface area contributed by atoms with Crippen molar-refractivity contribution in [3.8, 4) is 0 Å². The van der Waals surface area contributed by atoms with Gasteiger partial charge in [0, 0.05) is 61.8 Å². The second kappa shape index (κ2) is 8.13. The van der Waals surface area contributed by atoms with E-state index < -0.39 is 0 Å². The molecule has 4 rings (SSSR count). The van der Waals surface area contributed by atoms with Crippen LogP contribution < -0.4 is 15.5 Å². The van der Waals surface area contributed by atoms with Gasteiger partial charge >= 0.3 is 0 Å². The molecule has 0 spiro atoms. The van der Waals surface area contributed by atoms with Crippen molar-refractivity contribution >= 4 is 22.5 Å². The van der Waals surface area contributed by atoms with Crippen LogP contribution in [0.3, 0.4) is 0 Å². The number of pyridine rings is 1. The van der Waals surface area contributed by atoms with Gasteiger partial charge in [-0.2, -0.15) is 0 Å². The lowest BCUT2D eigenvalue weighted by Crippen LogP contribution is -2.33. The Hall–Kier alpha value is -3.06. The zero-order valence-electron chi connectivity index (χ0n) is 17.1. The molecule has 0 unspecified atom stereocenters. The molecule has 7 nitrogen and oxygen atoms in total. The smallest absolute Gasteiger partial charge is 0.288 e. The molecule has 0 bridgehead atoms. The summed E-state index contributed by atoms with van der Waals surface area (Å²) in [4.78, 5) is 27.5. The van der Waals surface area contributed by atoms with Gasteiger partial charge in [-0.05, 0) is 31.2 Å². The second-order valence-corrected chi connectivity index (χ2v) is 7.49. The topological polar surface area (TPSA) is 83.0 Å². The van der Waals surface area contributed by atoms with Crippen LogP contribution in [-0.4, -0.2) is 47.0 Å². The number of hydrogen-bond donors (Lipinski definition) is 2. The summed E-state index contributed by atoms with van der Waals surface area (Å²) >= 11 is 0. The van der Waals surface area contributed by atoms with Gasteiger partial charge in [0.05, 0.1) is 0 Å². The summed E-state index contributed by atoms with van der Waals surface area (Å²) in [7, 11) is 1.60. The van der Waals surface area contributed by atoms with E-state index in [4.69, 9.17) is 0 Å². The van der Waals surface area contributed by atoms with Gasteiger partial charge in [-0.1, -0.05) is 24.3 Å². The maximum atomic E-state index is 12.0. The predicted molar refractivity (Wildman–Crippen MR) is 114 cm³/mol. The molecule has 3 heterocycles. The Morgan fingerprint density at radius 2 is 2.03 bits per heavy atom. The Morgan fingerprint density at radius 1 is 1.21 bits per heavy atom. The van der Waals surface area contributed by atoms with Gasteiger partial charge in [0.25, 0.3) is 5.91 Å². The van der Waals surface area contributed by atoms with E-state index in [-0.39, 0.29) is 11.7 Å². The third kappa shape index (κ3) is 3.91. The van der Waals surface area contributed by atoms with Crippen LogP contribution in [0.25, 0.3) is 10.8 Å². The third-order valence-corrected chi connectivity index (χ3v) is 5.61. The normalized spacial score (nSPS) is 16.4. The molecule has 1 aliphatic heterocycles. The van der Waals surface area contributed by atoms with Gasteiger partial charge in [0.1, 0.15) is 5.82 Å². The second-order valence-electron chi connectivity index (χ2n) is 7.49. The molecular weight excluding hydrogens is 364 g/mol. The molecule has 1 aromatic carbocycles. The number of aromatic nitrogens is 3. The van der Waals surface area contributed by atoms with Crippen LogP contribution in [0.5, 0.6) is 0 Å². The molecule has 1 amide bonds. The zero-order valence-corrected chi connectivity index (χ0v) is 17.1. The lowest BCUT2D eigenvalue weighted by Gasteiger charge is -2.21. The largest absolute Gasteiger partial charge is 0.355 e. The van der Waals surface area contributed by atoms with Crippen molar-refractivity contribution in [3.63, 3.8) is 0 Å². The van der Waals surface area contributed by atoms with Crippen molar-refractivity contribution in [1.82, 2.24) is 25.6 Å². The molecule has 3 aromatic rings. The van der Waals surface area contributed by atoms with Crippen LogP contribution in [0.15, 0.2) is 36.7 Å². The van der Waals surface area contributed by atoms with E-state index in [0.717, 1.165) is 48.5 Å². The molecule has 1 atom stereocenters. The number of carbonyl (C=O) groups excluding carboxylic acids is 1. The molecule has 7 heteroatoms. The minimum absolute atomic E-state index is 0.226. The Labute approximate surface area is 170 Å². The summed E-state index contributed by atoms with van der Waals surface area (Å²) in [5.74, 6) is 0.822. The third-order valence-electron chi connectivity index (χ3n) is 5.61. The SMILES string of the molecule is CNC(=O)c1nc(C)c(C)c(N2CC[C@@H](NCc3cncc4ccccc34)C2)n1. The molecule has 2 N–H and O–H groups in total. The van der Waals surface area contributed by atoms with Crippen LogP contribution in [0.2, 0.25) is 0 Å². The van der Waals surface area contributed by atoms with Crippen LogP contribution in [0.1, 0.15) is 33.9 Å². The van der Waals surface area contributed by atoms with Gasteiger partial charge in [-0.3, -0.25) is 9.78 Å². The highest BCUT2D eigenvalue weighted by Crippen LogP contribution is 2.24. The highest BCUT2D eigenvalue weighted by molar-refractivity contribution is 5.90. The molecule has 0 saturated carbocycles. The first kappa shape index (κ1) is 19.3. The first-order valence-electron chi connectivity index (χ1n) is 9.94. The number of amides is 1. The van der Waals surface area contributed by atoms with Gasteiger partial charge in [0.15, 0.2) is 0 Å². The quantitative estimate of drug-likeness (QED) is 0.696. The van der Waals surface area contributed by atoms with E-state index in [2.05, 4.69) is 48.7 Å². The Kier molecular flexibility index (Phi) is 5.40. The Balaban J connectivity index is 1.47. The summed E-state index contributed by atoms with van der Waals surface area (Å²) < 4.78 is 0. The number of aryl methyl sites for hydroxylation is 1. The fourth-order valence-electron chi connectivity index (χ4n) is 3.83. The molecule has 150 valence electrons. The fourth-order valence-corrected chi connectivity index (χ4v) is 3.83. The summed E-state index contributed by atoms with van der Waals surface area (Å²) in [5.41, 5.74) is 3.07. The van der Waals surface area contributed by atoms with Crippen LogP contribution in [0, 0.1) is 13.8 Å². The summed E-state index contributed by atoms with van der Waals surface area (Å²) in [5, 5.41) is 8.67. The van der Waals surface area contributed by atoms with Crippen molar-refractivity contribution < 1.29 is 4.79 Å². The van der Waals surface area contributed by atoms with Gasteiger partial charge in [-0.15, -0.1) is 0 Å². The maximum Gasteiger partial charge on any atom is 0.288 e. The van der Waals surface area contributed by atoms with Gasteiger partial charge < -0.3 is 15.5 Å². The van der Waals surface area contributed by atoms with Crippen LogP contribution in [0.4, 0.5) is 5.82 Å². The number of carbonyl (C=O) groups is 1. The van der Waals surface area contributed by atoms with Gasteiger partial charge in [0.2, 0.25) is 5.82 Å². The van der Waals surface area contributed by atoms with Crippen molar-refractivity contribution in [2.75, 3.05) is 25.0 Å². The minimum Gasteiger partial charge on any atom is -0.355 e. The molecule has 0 radical (unpaired) electrons. The molecule has 29 heavy (non-hydrogen) atoms. The number of benzene rings is 1. The van der Waals surface area contributed by atoms with Gasteiger partial charge in [-0.25, -0.2) is 9.97 Å². The minimum atomic E-state index is -0.258. The molecule has 0 aliphatic carbocycles. The fraction of sp³-hybridized carbons (Fsp3) is 0.364. The van der Waals surface area contributed by atoms with Crippen molar-refractivity contribution in [1.29, 1.82) is 0 Å². The number of anilines is 1. The van der Waals surface area contributed by atoms with Crippen molar-refractivity contribution in [3.05, 3.63) is 59.3 Å². The predicted octanol–water partition coefficient (Wildman–Crippen LogP) is 2.37. The van der Waals surface area contributed by atoms with Crippen LogP contribution in [-0.2, 0) is 6.54 Å². The first-order valence-corrected chi connectivity index (χ1v) is 9.94. The number of nitrogens with one attached hydrogen (secondary N) is 2. The van der Waals surface area contributed by atoms with E-state index in [0.29, 0.717) is 6.04 Å². The average molecular weight is 390 g/mol. The lowest BCUT2D eigenvalue weighted by atomic mass is 10.1. The van der Waals surface area contributed by atoms with E-state index >= 15 is 0 Å². The maximum absolute atomic E-state index is 12.0. The van der Waals surface area contributed by atoms with Crippen LogP contribution >= 0.6 is 0 Å². The zero-order chi connectivity index (χ0) is 20.4. The van der Waals surface area contributed by atoms with E-state index in [9.17, 15) is 4.79 Å². The summed E-state index contributed by atoms with van der Waals surface area (Å²) in [6.07, 6.45) is 4.87. The average Bonchev–Trinajstić information content (AvgIpc) is 3.22. The highest BCUT2D eigenvalue weighted by Gasteiger charge is 2.26. The molecule has 2 aromatic heterocycles. The molecule has 1 fully saturated rings. The van der Waals surface area contributed by atoms with E-state index in [1.54, 1.807) is 7.05 Å². The Morgan fingerprint density at radius 3 is 2.86 bits per heavy atom. The Bertz CT molecular complexity index is 1050. The van der Waals surface area contributed by atoms with Crippen molar-refractivity contribution in [2.24, 2.45) is 0 Å². The first-order chi connectivity index (χ1) is 14.1. The molecule has 1 saturated heterocycles. The molecule has 1 aliphatic rings. The van der Waals surface area contributed by atoms with Crippen molar-refractivity contribution in [2.45, 2.75) is 32.9 Å². The number of hydrogen-bond acceptors (Lipinski definition) is 6. The highest BCUT2D eigenvalue weighted by atomic mass is 16.2. The van der Waals surface area contributed by atoms with E-state index in [1.165, 1.54) is 10.9 Å². The number of rotatable bonds is 5. The number of fused-ring (bicyclic) bond motifs is 1. The standard InChI is InChI=1S/C22H26N6O/c1-14-15(2)26-20(22(29)23-3)27-21(14)28-9-8-18(13-28)25-12-17-11-24-10-16-6-4-5-7-19(16)17/h4-7,10-11,18,25H,8-9,12-13H2,1-3H3,(H,23,29)/t18-/m1/s1.